The van der Waals surface area contributed by atoms with Crippen molar-refractivity contribution in [1.29, 1.82) is 0 Å². The maximum atomic E-state index is 12.3. The molecule has 1 aromatic carbocycles. The number of piperidine rings is 1. The van der Waals surface area contributed by atoms with E-state index >= 15 is 0 Å². The molecule has 0 bridgehead atoms. The Labute approximate surface area is 154 Å². The Hall–Kier alpha value is -2.21. The van der Waals surface area contributed by atoms with Crippen LogP contribution in [0, 0.1) is 5.92 Å². The molecule has 2 rings (SSSR count). The van der Waals surface area contributed by atoms with Crippen molar-refractivity contribution in [3.05, 3.63) is 35.9 Å². The van der Waals surface area contributed by atoms with Crippen LogP contribution in [0.1, 0.15) is 32.3 Å². The SMILES string of the molecule is CCOC(=O)C1CCN(CC(=O)N[C@H](Cc2ccccc2)C(C)=O)CC1. The summed E-state index contributed by atoms with van der Waals surface area (Å²) in [6, 6.07) is 9.14. The molecule has 6 heteroatoms. The predicted octanol–water partition coefficient (Wildman–Crippen LogP) is 1.58. The standard InChI is InChI=1S/C20H28N2O4/c1-3-26-20(25)17-9-11-22(12-10-17)14-19(24)21-18(15(2)23)13-16-7-5-4-6-8-16/h4-8,17-18H,3,9-14H2,1-2H3,(H,21,24)/t18-/m1/s1. The maximum Gasteiger partial charge on any atom is 0.309 e. The lowest BCUT2D eigenvalue weighted by Crippen LogP contribution is -2.48. The Balaban J connectivity index is 1.80. The van der Waals surface area contributed by atoms with Crippen LogP contribution in [-0.4, -0.2) is 54.8 Å². The molecule has 1 saturated heterocycles. The Bertz CT molecular complexity index is 609. The maximum absolute atomic E-state index is 12.3. The predicted molar refractivity (Wildman–Crippen MR) is 98.6 cm³/mol. The Kier molecular flexibility index (Phi) is 7.78. The molecule has 1 aromatic rings. The van der Waals surface area contributed by atoms with Gasteiger partial charge in [0.2, 0.25) is 5.91 Å². The molecule has 0 saturated carbocycles. The summed E-state index contributed by atoms with van der Waals surface area (Å²) in [6.45, 7) is 5.31. The number of hydrogen-bond donors (Lipinski definition) is 1. The average Bonchev–Trinajstić information content (AvgIpc) is 2.62. The first-order chi connectivity index (χ1) is 12.5. The zero-order chi connectivity index (χ0) is 18.9. The van der Waals surface area contributed by atoms with Crippen molar-refractivity contribution in [2.24, 2.45) is 5.92 Å². The molecule has 0 aromatic heterocycles. The molecule has 0 radical (unpaired) electrons. The number of Topliss-reactive ketones (excluding diaryl/α,β-unsaturated/α-hetero) is 1. The van der Waals surface area contributed by atoms with Gasteiger partial charge in [0.1, 0.15) is 0 Å². The highest BCUT2D eigenvalue weighted by atomic mass is 16.5. The fourth-order valence-corrected chi connectivity index (χ4v) is 3.18. The second kappa shape index (κ2) is 10.1. The quantitative estimate of drug-likeness (QED) is 0.713. The molecule has 0 unspecified atom stereocenters. The number of ether oxygens (including phenoxy) is 1. The lowest BCUT2D eigenvalue weighted by molar-refractivity contribution is -0.149. The lowest BCUT2D eigenvalue weighted by atomic mass is 9.97. The van der Waals surface area contributed by atoms with E-state index in [2.05, 4.69) is 5.32 Å². The second-order valence-corrected chi connectivity index (χ2v) is 6.72. The van der Waals surface area contributed by atoms with Crippen LogP contribution in [0.2, 0.25) is 0 Å². The smallest absolute Gasteiger partial charge is 0.309 e. The Morgan fingerprint density at radius 2 is 1.85 bits per heavy atom. The number of nitrogens with zero attached hydrogens (tertiary/aromatic N) is 1. The summed E-state index contributed by atoms with van der Waals surface area (Å²) < 4.78 is 5.06. The van der Waals surface area contributed by atoms with Crippen LogP contribution in [0.25, 0.3) is 0 Å². The zero-order valence-corrected chi connectivity index (χ0v) is 15.6. The zero-order valence-electron chi connectivity index (χ0n) is 15.6. The summed E-state index contributed by atoms with van der Waals surface area (Å²) in [5, 5.41) is 2.84. The molecule has 26 heavy (non-hydrogen) atoms. The summed E-state index contributed by atoms with van der Waals surface area (Å²) in [4.78, 5) is 38.0. The van der Waals surface area contributed by atoms with Crippen LogP contribution < -0.4 is 5.32 Å². The van der Waals surface area contributed by atoms with E-state index in [1.54, 1.807) is 6.92 Å². The summed E-state index contributed by atoms with van der Waals surface area (Å²) in [5.41, 5.74) is 1.02. The molecule has 6 nitrogen and oxygen atoms in total. The van der Waals surface area contributed by atoms with E-state index in [-0.39, 0.29) is 30.1 Å². The van der Waals surface area contributed by atoms with E-state index in [1.807, 2.05) is 35.2 Å². The van der Waals surface area contributed by atoms with Gasteiger partial charge in [-0.1, -0.05) is 30.3 Å². The number of likely N-dealkylation sites (tertiary alicyclic amines) is 1. The van der Waals surface area contributed by atoms with Crippen molar-refractivity contribution in [2.45, 2.75) is 39.2 Å². The number of carbonyl (C=O) groups excluding carboxylic acids is 3. The number of carbonyl (C=O) groups is 3. The molecular weight excluding hydrogens is 332 g/mol. The van der Waals surface area contributed by atoms with Crippen LogP contribution in [0.15, 0.2) is 30.3 Å². The van der Waals surface area contributed by atoms with Gasteiger partial charge >= 0.3 is 5.97 Å². The van der Waals surface area contributed by atoms with Gasteiger partial charge in [0, 0.05) is 0 Å². The number of rotatable bonds is 8. The minimum absolute atomic E-state index is 0.0526. The minimum atomic E-state index is -0.512. The number of hydrogen-bond acceptors (Lipinski definition) is 5. The Morgan fingerprint density at radius 1 is 1.19 bits per heavy atom. The van der Waals surface area contributed by atoms with Crippen LogP contribution in [0.5, 0.6) is 0 Å². The molecule has 1 atom stereocenters. The summed E-state index contributed by atoms with van der Waals surface area (Å²) in [7, 11) is 0. The van der Waals surface area contributed by atoms with E-state index in [1.165, 1.54) is 6.92 Å². The van der Waals surface area contributed by atoms with E-state index in [4.69, 9.17) is 4.74 Å². The minimum Gasteiger partial charge on any atom is -0.466 e. The number of esters is 1. The molecule has 1 aliphatic rings. The van der Waals surface area contributed by atoms with Crippen LogP contribution in [0.3, 0.4) is 0 Å². The molecule has 0 spiro atoms. The van der Waals surface area contributed by atoms with Gasteiger partial charge in [-0.05, 0) is 51.8 Å². The van der Waals surface area contributed by atoms with Crippen LogP contribution >= 0.6 is 0 Å². The van der Waals surface area contributed by atoms with Crippen molar-refractivity contribution in [1.82, 2.24) is 10.2 Å². The van der Waals surface area contributed by atoms with Crippen molar-refractivity contribution in [3.63, 3.8) is 0 Å². The fraction of sp³-hybridized carbons (Fsp3) is 0.550. The number of ketones is 1. The van der Waals surface area contributed by atoms with Gasteiger partial charge in [0.05, 0.1) is 25.1 Å². The number of benzene rings is 1. The monoisotopic (exact) mass is 360 g/mol. The van der Waals surface area contributed by atoms with E-state index in [0.717, 1.165) is 5.56 Å². The molecule has 1 N–H and O–H groups in total. The van der Waals surface area contributed by atoms with Crippen molar-refractivity contribution < 1.29 is 19.1 Å². The fourth-order valence-electron chi connectivity index (χ4n) is 3.18. The van der Waals surface area contributed by atoms with Crippen molar-refractivity contribution in [3.8, 4) is 0 Å². The topological polar surface area (TPSA) is 75.7 Å². The van der Waals surface area contributed by atoms with Crippen molar-refractivity contribution in [2.75, 3.05) is 26.2 Å². The first kappa shape index (κ1) is 20.1. The van der Waals surface area contributed by atoms with Gasteiger partial charge in [-0.3, -0.25) is 19.3 Å². The largest absolute Gasteiger partial charge is 0.466 e. The van der Waals surface area contributed by atoms with Crippen LogP contribution in [-0.2, 0) is 25.5 Å². The van der Waals surface area contributed by atoms with E-state index in [9.17, 15) is 14.4 Å². The normalized spacial score (nSPS) is 16.7. The average molecular weight is 360 g/mol. The van der Waals surface area contributed by atoms with Gasteiger partial charge in [-0.2, -0.15) is 0 Å². The summed E-state index contributed by atoms with van der Waals surface area (Å²) >= 11 is 0. The first-order valence-electron chi connectivity index (χ1n) is 9.22. The molecule has 142 valence electrons. The van der Waals surface area contributed by atoms with Gasteiger partial charge in [-0.15, -0.1) is 0 Å². The highest BCUT2D eigenvalue weighted by Crippen LogP contribution is 2.18. The number of nitrogens with one attached hydrogen (secondary N) is 1. The molecule has 0 aliphatic carbocycles. The molecule has 1 heterocycles. The van der Waals surface area contributed by atoms with Crippen molar-refractivity contribution >= 4 is 17.7 Å². The molecule has 1 amide bonds. The van der Waals surface area contributed by atoms with E-state index < -0.39 is 6.04 Å². The van der Waals surface area contributed by atoms with Gasteiger partial charge in [-0.25, -0.2) is 0 Å². The lowest BCUT2D eigenvalue weighted by Gasteiger charge is -2.30. The van der Waals surface area contributed by atoms with Crippen LogP contribution in [0.4, 0.5) is 0 Å². The third kappa shape index (κ3) is 6.26. The summed E-state index contributed by atoms with van der Waals surface area (Å²) in [6.07, 6.45) is 1.89. The van der Waals surface area contributed by atoms with Gasteiger partial charge in [0.25, 0.3) is 0 Å². The second-order valence-electron chi connectivity index (χ2n) is 6.72. The highest BCUT2D eigenvalue weighted by molar-refractivity contribution is 5.88. The van der Waals surface area contributed by atoms with E-state index in [0.29, 0.717) is 39.0 Å². The third-order valence-electron chi connectivity index (χ3n) is 4.68. The first-order valence-corrected chi connectivity index (χ1v) is 9.22. The molecule has 1 aliphatic heterocycles. The third-order valence-corrected chi connectivity index (χ3v) is 4.68. The summed E-state index contributed by atoms with van der Waals surface area (Å²) in [5.74, 6) is -0.424. The Morgan fingerprint density at radius 3 is 2.42 bits per heavy atom. The molecule has 1 fully saturated rings. The van der Waals surface area contributed by atoms with Gasteiger partial charge in [0.15, 0.2) is 5.78 Å². The molecular formula is C20H28N2O4. The number of amides is 1. The van der Waals surface area contributed by atoms with Gasteiger partial charge < -0.3 is 10.1 Å². The highest BCUT2D eigenvalue weighted by Gasteiger charge is 2.27.